The molecule has 0 atom stereocenters. The van der Waals surface area contributed by atoms with Gasteiger partial charge in [-0.05, 0) is 35.9 Å². The highest BCUT2D eigenvalue weighted by atomic mass is 16.5. The molecule has 0 aliphatic carbocycles. The van der Waals surface area contributed by atoms with E-state index in [1.165, 1.54) is 0 Å². The molecule has 0 aromatic heterocycles. The molecule has 1 heterocycles. The number of hydrogen-bond donors (Lipinski definition) is 1. The fourth-order valence-corrected chi connectivity index (χ4v) is 1.86. The summed E-state index contributed by atoms with van der Waals surface area (Å²) in [4.78, 5) is 12.0. The molecule has 0 saturated carbocycles. The van der Waals surface area contributed by atoms with Crippen LogP contribution in [-0.2, 0) is 0 Å². The van der Waals surface area contributed by atoms with Crippen LogP contribution in [0.3, 0.4) is 0 Å². The summed E-state index contributed by atoms with van der Waals surface area (Å²) in [6, 6.07) is 13.7. The molecule has 0 radical (unpaired) electrons. The summed E-state index contributed by atoms with van der Waals surface area (Å²) in [6.07, 6.45) is 1.67. The quantitative estimate of drug-likeness (QED) is 0.777. The Balaban J connectivity index is 1.97. The maximum absolute atomic E-state index is 12.0. The number of rotatable bonds is 1. The number of aromatic hydroxyl groups is 1. The van der Waals surface area contributed by atoms with E-state index in [0.29, 0.717) is 17.1 Å². The van der Waals surface area contributed by atoms with Gasteiger partial charge in [-0.25, -0.2) is 0 Å². The van der Waals surface area contributed by atoms with Crippen molar-refractivity contribution < 1.29 is 14.6 Å². The van der Waals surface area contributed by atoms with Crippen molar-refractivity contribution in [2.24, 2.45) is 0 Å². The van der Waals surface area contributed by atoms with Crippen molar-refractivity contribution in [3.8, 4) is 11.5 Å². The molecule has 0 unspecified atom stereocenters. The highest BCUT2D eigenvalue weighted by Gasteiger charge is 2.26. The van der Waals surface area contributed by atoms with Gasteiger partial charge in [-0.2, -0.15) is 0 Å². The Bertz CT molecular complexity index is 639. The number of ether oxygens (including phenoxy) is 1. The van der Waals surface area contributed by atoms with Gasteiger partial charge in [0.2, 0.25) is 5.78 Å². The molecule has 1 aliphatic rings. The molecular formula is C15H10O3. The summed E-state index contributed by atoms with van der Waals surface area (Å²) in [5.41, 5.74) is 1.39. The maximum Gasteiger partial charge on any atom is 0.231 e. The smallest absolute Gasteiger partial charge is 0.231 e. The Morgan fingerprint density at radius 3 is 2.44 bits per heavy atom. The normalized spacial score (nSPS) is 15.6. The van der Waals surface area contributed by atoms with Crippen molar-refractivity contribution in [2.45, 2.75) is 0 Å². The molecule has 18 heavy (non-hydrogen) atoms. The summed E-state index contributed by atoms with van der Waals surface area (Å²) >= 11 is 0. The minimum absolute atomic E-state index is 0.112. The first-order chi connectivity index (χ1) is 8.74. The van der Waals surface area contributed by atoms with E-state index in [0.717, 1.165) is 5.56 Å². The zero-order chi connectivity index (χ0) is 12.5. The van der Waals surface area contributed by atoms with Crippen molar-refractivity contribution in [3.05, 3.63) is 65.4 Å². The first kappa shape index (κ1) is 10.6. The molecule has 2 aromatic rings. The van der Waals surface area contributed by atoms with E-state index >= 15 is 0 Å². The number of allylic oxidation sites excluding steroid dienone is 1. The minimum Gasteiger partial charge on any atom is -0.508 e. The van der Waals surface area contributed by atoms with Crippen LogP contribution >= 0.6 is 0 Å². The number of phenolic OH excluding ortho intramolecular Hbond substituents is 1. The number of phenols is 1. The number of ketones is 1. The van der Waals surface area contributed by atoms with Crippen LogP contribution in [0.15, 0.2) is 54.3 Å². The lowest BCUT2D eigenvalue weighted by Crippen LogP contribution is -1.97. The summed E-state index contributed by atoms with van der Waals surface area (Å²) in [6.45, 7) is 0. The highest BCUT2D eigenvalue weighted by molar-refractivity contribution is 6.14. The molecule has 1 N–H and O–H groups in total. The average Bonchev–Trinajstić information content (AvgIpc) is 2.70. The maximum atomic E-state index is 12.0. The van der Waals surface area contributed by atoms with Crippen molar-refractivity contribution in [3.63, 3.8) is 0 Å². The first-order valence-corrected chi connectivity index (χ1v) is 5.56. The van der Waals surface area contributed by atoms with Gasteiger partial charge in [-0.3, -0.25) is 4.79 Å². The Morgan fingerprint density at radius 2 is 1.72 bits per heavy atom. The molecule has 0 bridgehead atoms. The van der Waals surface area contributed by atoms with Crippen LogP contribution in [0.25, 0.3) is 6.08 Å². The standard InChI is InChI=1S/C15H10O3/c16-11-7-5-10(6-8-11)9-14-15(17)12-3-1-2-4-13(12)18-14/h1-9,16H. The minimum atomic E-state index is -0.112. The van der Waals surface area contributed by atoms with Crippen LogP contribution in [-0.4, -0.2) is 10.9 Å². The van der Waals surface area contributed by atoms with Crippen LogP contribution in [0.5, 0.6) is 11.5 Å². The lowest BCUT2D eigenvalue weighted by molar-refractivity contribution is 0.101. The number of para-hydroxylation sites is 1. The number of fused-ring (bicyclic) bond motifs is 1. The molecule has 88 valence electrons. The van der Waals surface area contributed by atoms with E-state index in [1.54, 1.807) is 42.5 Å². The molecule has 0 fully saturated rings. The zero-order valence-corrected chi connectivity index (χ0v) is 9.46. The van der Waals surface area contributed by atoms with Gasteiger partial charge in [-0.15, -0.1) is 0 Å². The Kier molecular flexibility index (Phi) is 2.38. The van der Waals surface area contributed by atoms with Crippen LogP contribution in [0, 0.1) is 0 Å². The third-order valence-electron chi connectivity index (χ3n) is 2.77. The van der Waals surface area contributed by atoms with Crippen LogP contribution in [0.4, 0.5) is 0 Å². The topological polar surface area (TPSA) is 46.5 Å². The number of carbonyl (C=O) groups excluding carboxylic acids is 1. The molecule has 3 nitrogen and oxygen atoms in total. The van der Waals surface area contributed by atoms with E-state index in [4.69, 9.17) is 4.74 Å². The van der Waals surface area contributed by atoms with Crippen LogP contribution < -0.4 is 4.74 Å². The van der Waals surface area contributed by atoms with Crippen LogP contribution in [0.1, 0.15) is 15.9 Å². The van der Waals surface area contributed by atoms with E-state index in [1.807, 2.05) is 12.1 Å². The Hall–Kier alpha value is -2.55. The largest absolute Gasteiger partial charge is 0.508 e. The third-order valence-corrected chi connectivity index (χ3v) is 2.77. The van der Waals surface area contributed by atoms with Crippen molar-refractivity contribution in [1.82, 2.24) is 0 Å². The van der Waals surface area contributed by atoms with E-state index < -0.39 is 0 Å². The number of carbonyl (C=O) groups is 1. The van der Waals surface area contributed by atoms with Gasteiger partial charge >= 0.3 is 0 Å². The van der Waals surface area contributed by atoms with Gasteiger partial charge in [0.15, 0.2) is 5.76 Å². The Labute approximate surface area is 104 Å². The van der Waals surface area contributed by atoms with E-state index in [2.05, 4.69) is 0 Å². The highest BCUT2D eigenvalue weighted by Crippen LogP contribution is 2.31. The predicted molar refractivity (Wildman–Crippen MR) is 67.5 cm³/mol. The summed E-state index contributed by atoms with van der Waals surface area (Å²) in [5.74, 6) is 0.979. The van der Waals surface area contributed by atoms with Gasteiger partial charge < -0.3 is 9.84 Å². The fraction of sp³-hybridized carbons (Fsp3) is 0. The Morgan fingerprint density at radius 1 is 1.00 bits per heavy atom. The summed E-state index contributed by atoms with van der Waals surface area (Å²) in [5, 5.41) is 9.19. The number of benzene rings is 2. The summed E-state index contributed by atoms with van der Waals surface area (Å²) < 4.78 is 5.50. The van der Waals surface area contributed by atoms with E-state index in [9.17, 15) is 9.90 Å². The average molecular weight is 238 g/mol. The molecule has 0 spiro atoms. The van der Waals surface area contributed by atoms with Crippen molar-refractivity contribution in [1.29, 1.82) is 0 Å². The van der Waals surface area contributed by atoms with Gasteiger partial charge in [0.05, 0.1) is 5.56 Å². The lowest BCUT2D eigenvalue weighted by atomic mass is 10.1. The van der Waals surface area contributed by atoms with Crippen LogP contribution in [0.2, 0.25) is 0 Å². The van der Waals surface area contributed by atoms with E-state index in [-0.39, 0.29) is 11.5 Å². The summed E-state index contributed by atoms with van der Waals surface area (Å²) in [7, 11) is 0. The number of Topliss-reactive ketones (excluding diaryl/α,β-unsaturated/α-hetero) is 1. The van der Waals surface area contributed by atoms with Gasteiger partial charge in [0.25, 0.3) is 0 Å². The van der Waals surface area contributed by atoms with Gasteiger partial charge in [0.1, 0.15) is 11.5 Å². The predicted octanol–water partition coefficient (Wildman–Crippen LogP) is 3.01. The fourth-order valence-electron chi connectivity index (χ4n) is 1.86. The van der Waals surface area contributed by atoms with Gasteiger partial charge in [-0.1, -0.05) is 24.3 Å². The molecule has 3 rings (SSSR count). The molecular weight excluding hydrogens is 228 g/mol. The van der Waals surface area contributed by atoms with Crippen molar-refractivity contribution in [2.75, 3.05) is 0 Å². The monoisotopic (exact) mass is 238 g/mol. The molecule has 0 amide bonds. The first-order valence-electron chi connectivity index (χ1n) is 5.56. The number of hydrogen-bond acceptors (Lipinski definition) is 3. The van der Waals surface area contributed by atoms with Crippen molar-refractivity contribution >= 4 is 11.9 Å². The second-order valence-electron chi connectivity index (χ2n) is 4.03. The van der Waals surface area contributed by atoms with Gasteiger partial charge in [0, 0.05) is 0 Å². The second-order valence-corrected chi connectivity index (χ2v) is 4.03. The molecule has 0 saturated heterocycles. The zero-order valence-electron chi connectivity index (χ0n) is 9.46. The molecule has 2 aromatic carbocycles. The molecule has 1 aliphatic heterocycles. The second kappa shape index (κ2) is 4.04. The molecule has 3 heteroatoms. The lowest BCUT2D eigenvalue weighted by Gasteiger charge is -1.98. The SMILES string of the molecule is O=C1C(=Cc2ccc(O)cc2)Oc2ccccc21. The third kappa shape index (κ3) is 1.76.